The van der Waals surface area contributed by atoms with Crippen LogP contribution in [-0.4, -0.2) is 32.9 Å². The Hall–Kier alpha value is -3.55. The van der Waals surface area contributed by atoms with Gasteiger partial charge >= 0.3 is 0 Å². The van der Waals surface area contributed by atoms with Gasteiger partial charge < -0.3 is 20.5 Å². The molecule has 8 heteroatoms. The maximum atomic E-state index is 12.8. The van der Waals surface area contributed by atoms with Crippen molar-refractivity contribution >= 4 is 23.5 Å². The lowest BCUT2D eigenvalue weighted by molar-refractivity contribution is 0.0948. The molecule has 8 nitrogen and oxygen atoms in total. The molecule has 1 saturated carbocycles. The molecule has 0 amide bonds. The monoisotopic (exact) mass is 421 g/mol. The second kappa shape index (κ2) is 9.07. The third-order valence-electron chi connectivity index (χ3n) is 4.99. The Morgan fingerprint density at radius 1 is 1.13 bits per heavy atom. The second-order valence-electron chi connectivity index (χ2n) is 7.88. The van der Waals surface area contributed by atoms with Crippen molar-refractivity contribution in [1.29, 1.82) is 0 Å². The molecule has 162 valence electrons. The lowest BCUT2D eigenvalue weighted by Gasteiger charge is -2.13. The molecule has 0 radical (unpaired) electrons. The van der Waals surface area contributed by atoms with E-state index in [-0.39, 0.29) is 30.0 Å². The minimum Gasteiger partial charge on any atom is -0.491 e. The first-order chi connectivity index (χ1) is 15.0. The number of hydrogen-bond acceptors (Lipinski definition) is 7. The standard InChI is InChI=1S/C23H27N5O3/c1-15(2)30-19-12-10-16(11-13-19)21(29)28-22(24)26-23(27-28)25-17-6-5-9-20(14-17)31-18-7-3-4-8-18/h5-6,9-15,18H,3-4,7-8H2,1-2H3,(H3,24,25,26,27). The normalized spacial score (nSPS) is 14.0. The van der Waals surface area contributed by atoms with Crippen molar-refractivity contribution in [2.45, 2.75) is 51.7 Å². The minimum atomic E-state index is -0.368. The van der Waals surface area contributed by atoms with Crippen LogP contribution in [0, 0.1) is 0 Å². The number of carbonyl (C=O) groups excluding carboxylic acids is 1. The Balaban J connectivity index is 1.45. The van der Waals surface area contributed by atoms with Gasteiger partial charge in [-0.25, -0.2) is 0 Å². The first kappa shape index (κ1) is 20.7. The van der Waals surface area contributed by atoms with Crippen LogP contribution >= 0.6 is 0 Å². The smallest absolute Gasteiger partial charge is 0.281 e. The van der Waals surface area contributed by atoms with E-state index < -0.39 is 0 Å². The van der Waals surface area contributed by atoms with Crippen LogP contribution in [0.25, 0.3) is 0 Å². The number of nitrogens with two attached hydrogens (primary N) is 1. The molecule has 1 aromatic heterocycles. The third-order valence-corrected chi connectivity index (χ3v) is 4.99. The van der Waals surface area contributed by atoms with Gasteiger partial charge in [-0.1, -0.05) is 6.07 Å². The van der Waals surface area contributed by atoms with E-state index in [2.05, 4.69) is 15.4 Å². The first-order valence-electron chi connectivity index (χ1n) is 10.6. The van der Waals surface area contributed by atoms with E-state index in [4.69, 9.17) is 15.2 Å². The van der Waals surface area contributed by atoms with Gasteiger partial charge in [0.25, 0.3) is 5.91 Å². The Labute approximate surface area is 181 Å². The summed E-state index contributed by atoms with van der Waals surface area (Å²) in [6.45, 7) is 3.89. The van der Waals surface area contributed by atoms with Crippen molar-refractivity contribution in [3.63, 3.8) is 0 Å². The molecule has 0 unspecified atom stereocenters. The highest BCUT2D eigenvalue weighted by atomic mass is 16.5. The zero-order valence-electron chi connectivity index (χ0n) is 17.7. The molecule has 0 atom stereocenters. The first-order valence-corrected chi connectivity index (χ1v) is 10.6. The van der Waals surface area contributed by atoms with Crippen LogP contribution in [0.1, 0.15) is 49.9 Å². The number of rotatable bonds is 7. The molecule has 2 aromatic carbocycles. The highest BCUT2D eigenvalue weighted by Crippen LogP contribution is 2.26. The Morgan fingerprint density at radius 3 is 2.58 bits per heavy atom. The molecule has 0 bridgehead atoms. The number of aromatic nitrogens is 3. The Kier molecular flexibility index (Phi) is 6.06. The van der Waals surface area contributed by atoms with Crippen LogP contribution in [0.5, 0.6) is 11.5 Å². The molecule has 31 heavy (non-hydrogen) atoms. The molecule has 1 aliphatic carbocycles. The number of benzene rings is 2. The van der Waals surface area contributed by atoms with Gasteiger partial charge in [0.15, 0.2) is 0 Å². The van der Waals surface area contributed by atoms with Crippen molar-refractivity contribution in [1.82, 2.24) is 14.8 Å². The largest absolute Gasteiger partial charge is 0.491 e. The van der Waals surface area contributed by atoms with E-state index in [1.54, 1.807) is 24.3 Å². The van der Waals surface area contributed by atoms with E-state index >= 15 is 0 Å². The maximum Gasteiger partial charge on any atom is 0.281 e. The van der Waals surface area contributed by atoms with Gasteiger partial charge in [0.1, 0.15) is 11.5 Å². The van der Waals surface area contributed by atoms with Crippen LogP contribution in [0.4, 0.5) is 17.6 Å². The van der Waals surface area contributed by atoms with E-state index in [1.165, 1.54) is 12.8 Å². The average Bonchev–Trinajstić information content (AvgIpc) is 3.37. The van der Waals surface area contributed by atoms with Gasteiger partial charge in [-0.3, -0.25) is 4.79 Å². The summed E-state index contributed by atoms with van der Waals surface area (Å²) in [5.74, 6) is 1.37. The third kappa shape index (κ3) is 5.14. The number of nitrogens with one attached hydrogen (secondary N) is 1. The number of nitrogen functional groups attached to an aromatic ring is 1. The zero-order chi connectivity index (χ0) is 21.8. The van der Waals surface area contributed by atoms with Crippen molar-refractivity contribution in [3.8, 4) is 11.5 Å². The molecule has 3 N–H and O–H groups in total. The van der Waals surface area contributed by atoms with Gasteiger partial charge in [0.2, 0.25) is 11.9 Å². The summed E-state index contributed by atoms with van der Waals surface area (Å²) in [6, 6.07) is 14.5. The Bertz CT molecular complexity index is 1040. The molecular weight excluding hydrogens is 394 g/mol. The summed E-state index contributed by atoms with van der Waals surface area (Å²) in [6.07, 6.45) is 4.94. The average molecular weight is 422 g/mol. The van der Waals surface area contributed by atoms with E-state index in [0.717, 1.165) is 29.0 Å². The van der Waals surface area contributed by atoms with E-state index in [1.807, 2.05) is 38.1 Å². The second-order valence-corrected chi connectivity index (χ2v) is 7.88. The quantitative estimate of drug-likeness (QED) is 0.582. The van der Waals surface area contributed by atoms with Crippen LogP contribution in [-0.2, 0) is 0 Å². The van der Waals surface area contributed by atoms with Crippen molar-refractivity contribution < 1.29 is 14.3 Å². The summed E-state index contributed by atoms with van der Waals surface area (Å²) < 4.78 is 12.7. The van der Waals surface area contributed by atoms with Crippen LogP contribution in [0.3, 0.4) is 0 Å². The lowest BCUT2D eigenvalue weighted by Crippen LogP contribution is -2.16. The fourth-order valence-electron chi connectivity index (χ4n) is 3.57. The molecule has 1 aliphatic rings. The highest BCUT2D eigenvalue weighted by Gasteiger charge is 2.18. The van der Waals surface area contributed by atoms with Crippen molar-refractivity contribution in [2.24, 2.45) is 0 Å². The molecule has 0 aliphatic heterocycles. The summed E-state index contributed by atoms with van der Waals surface area (Å²) in [4.78, 5) is 17.0. The molecule has 4 rings (SSSR count). The topological polar surface area (TPSA) is 104 Å². The lowest BCUT2D eigenvalue weighted by atomic mass is 10.2. The van der Waals surface area contributed by atoms with Crippen molar-refractivity contribution in [2.75, 3.05) is 11.1 Å². The molecule has 1 fully saturated rings. The summed E-state index contributed by atoms with van der Waals surface area (Å²) >= 11 is 0. The van der Waals surface area contributed by atoms with Gasteiger partial charge in [-0.2, -0.15) is 9.67 Å². The number of anilines is 3. The summed E-state index contributed by atoms with van der Waals surface area (Å²) in [5.41, 5.74) is 7.14. The van der Waals surface area contributed by atoms with E-state index in [0.29, 0.717) is 11.3 Å². The van der Waals surface area contributed by atoms with Gasteiger partial charge in [0, 0.05) is 17.3 Å². The van der Waals surface area contributed by atoms with Gasteiger partial charge in [0.05, 0.1) is 12.2 Å². The van der Waals surface area contributed by atoms with Crippen LogP contribution < -0.4 is 20.5 Å². The predicted octanol–water partition coefficient (Wildman–Crippen LogP) is 4.40. The van der Waals surface area contributed by atoms with E-state index in [9.17, 15) is 4.79 Å². The highest BCUT2D eigenvalue weighted by molar-refractivity contribution is 5.97. The molecule has 3 aromatic rings. The predicted molar refractivity (Wildman–Crippen MR) is 119 cm³/mol. The van der Waals surface area contributed by atoms with Gasteiger partial charge in [-0.15, -0.1) is 5.10 Å². The Morgan fingerprint density at radius 2 is 1.87 bits per heavy atom. The summed E-state index contributed by atoms with van der Waals surface area (Å²) in [5, 5.41) is 7.33. The number of hydrogen-bond donors (Lipinski definition) is 2. The SMILES string of the molecule is CC(C)Oc1ccc(C(=O)n2nc(Nc3cccc(OC4CCCC4)c3)nc2N)cc1. The van der Waals surface area contributed by atoms with Crippen LogP contribution in [0.15, 0.2) is 48.5 Å². The van der Waals surface area contributed by atoms with Crippen LogP contribution in [0.2, 0.25) is 0 Å². The fourth-order valence-corrected chi connectivity index (χ4v) is 3.57. The molecule has 1 heterocycles. The number of ether oxygens (including phenoxy) is 2. The molecule has 0 spiro atoms. The zero-order valence-corrected chi connectivity index (χ0v) is 17.7. The minimum absolute atomic E-state index is 0.00775. The number of nitrogens with zero attached hydrogens (tertiary/aromatic N) is 3. The molecule has 0 saturated heterocycles. The summed E-state index contributed by atoms with van der Waals surface area (Å²) in [7, 11) is 0. The van der Waals surface area contributed by atoms with Crippen molar-refractivity contribution in [3.05, 3.63) is 54.1 Å². The molecular formula is C23H27N5O3. The van der Waals surface area contributed by atoms with Gasteiger partial charge in [-0.05, 0) is 75.9 Å². The number of carbonyl (C=O) groups is 1. The maximum absolute atomic E-state index is 12.8. The fraction of sp³-hybridized carbons (Fsp3) is 0.348.